The second-order valence-electron chi connectivity index (χ2n) is 2.73. The lowest BCUT2D eigenvalue weighted by Gasteiger charge is -2.33. The van der Waals surface area contributed by atoms with Crippen LogP contribution in [0.3, 0.4) is 0 Å². The summed E-state index contributed by atoms with van der Waals surface area (Å²) < 4.78 is 86.9. The highest BCUT2D eigenvalue weighted by Crippen LogP contribution is 2.55. The second kappa shape index (κ2) is 4.17. The molecule has 0 rings (SSSR count). The van der Waals surface area contributed by atoms with Crippen LogP contribution in [0, 0.1) is 0 Å². The predicted octanol–water partition coefficient (Wildman–Crippen LogP) is 2.37. The third-order valence-electron chi connectivity index (χ3n) is 1.52. The van der Waals surface area contributed by atoms with E-state index in [-0.39, 0.29) is 0 Å². The van der Waals surface area contributed by atoms with Crippen molar-refractivity contribution in [3.63, 3.8) is 0 Å². The lowest BCUT2D eigenvalue weighted by atomic mass is 10.1. The molecule has 0 aromatic heterocycles. The van der Waals surface area contributed by atoms with Crippen LogP contribution in [0.25, 0.3) is 0 Å². The number of rotatable bonds is 4. The van der Waals surface area contributed by atoms with Crippen LogP contribution in [0.15, 0.2) is 0 Å². The summed E-state index contributed by atoms with van der Waals surface area (Å²) >= 11 is 0. The van der Waals surface area contributed by atoms with Crippen LogP contribution >= 0.6 is 7.82 Å². The molecule has 0 saturated heterocycles. The first-order valence-corrected chi connectivity index (χ1v) is 5.19. The first-order chi connectivity index (χ1) is 6.77. The molecule has 0 heterocycles. The molecule has 0 saturated carbocycles. The summed E-state index contributed by atoms with van der Waals surface area (Å²) in [5.74, 6) is -10.8. The molecule has 0 spiro atoms. The Morgan fingerprint density at radius 3 is 1.69 bits per heavy atom. The normalized spacial score (nSPS) is 18.3. The molecule has 1 atom stereocenters. The molecule has 0 aliphatic heterocycles. The molecule has 0 amide bonds. The molecular weight excluding hydrogens is 269 g/mol. The minimum Gasteiger partial charge on any atom is -0.303 e. The number of alkyl halides is 6. The highest BCUT2D eigenvalue weighted by atomic mass is 31.2. The van der Waals surface area contributed by atoms with Gasteiger partial charge in [0.25, 0.3) is 0 Å². The second-order valence-corrected chi connectivity index (χ2v) is 3.90. The van der Waals surface area contributed by atoms with Crippen LogP contribution in [0.2, 0.25) is 0 Å². The maximum absolute atomic E-state index is 13.0. The van der Waals surface area contributed by atoms with Gasteiger partial charge in [-0.15, -0.1) is 0 Å². The Bertz CT molecular complexity index is 298. The van der Waals surface area contributed by atoms with Crippen LogP contribution in [-0.2, 0) is 9.09 Å². The largest absolute Gasteiger partial charge is 0.472 e. The summed E-state index contributed by atoms with van der Waals surface area (Å²) in [6.45, 7) is 0.503. The standard InChI is InChI=1S/C5H7F6O4P/c1-2-3(6,7)4(8,5(9,10)11)15-16(12,13)14/h2H2,1H3,(H2,12,13,14). The van der Waals surface area contributed by atoms with Crippen molar-refractivity contribution in [1.82, 2.24) is 0 Å². The highest BCUT2D eigenvalue weighted by molar-refractivity contribution is 7.46. The summed E-state index contributed by atoms with van der Waals surface area (Å²) in [6, 6.07) is 0. The Labute approximate surface area is 85.4 Å². The van der Waals surface area contributed by atoms with Gasteiger partial charge in [0.05, 0.1) is 0 Å². The minimum absolute atomic E-state index is 0.503. The van der Waals surface area contributed by atoms with Gasteiger partial charge in [-0.25, -0.2) is 9.09 Å². The molecule has 98 valence electrons. The molecule has 0 aliphatic rings. The Morgan fingerprint density at radius 2 is 1.50 bits per heavy atom. The number of halogens is 6. The van der Waals surface area contributed by atoms with Gasteiger partial charge in [0, 0.05) is 6.42 Å². The smallest absolute Gasteiger partial charge is 0.303 e. The average Bonchev–Trinajstić information content (AvgIpc) is 1.98. The molecule has 0 aromatic carbocycles. The van der Waals surface area contributed by atoms with Gasteiger partial charge >= 0.3 is 25.8 Å². The molecule has 1 unspecified atom stereocenters. The summed E-state index contributed by atoms with van der Waals surface area (Å²) in [4.78, 5) is 16.0. The summed E-state index contributed by atoms with van der Waals surface area (Å²) in [5.41, 5.74) is 0. The molecule has 2 N–H and O–H groups in total. The Morgan fingerprint density at radius 1 is 1.12 bits per heavy atom. The van der Waals surface area contributed by atoms with Gasteiger partial charge in [-0.2, -0.15) is 26.3 Å². The van der Waals surface area contributed by atoms with E-state index < -0.39 is 32.2 Å². The van der Waals surface area contributed by atoms with E-state index in [1.54, 1.807) is 0 Å². The highest BCUT2D eigenvalue weighted by Gasteiger charge is 2.74. The van der Waals surface area contributed by atoms with Crippen molar-refractivity contribution in [2.24, 2.45) is 0 Å². The first kappa shape index (κ1) is 15.7. The van der Waals surface area contributed by atoms with Gasteiger partial charge in [-0.1, -0.05) is 6.92 Å². The lowest BCUT2D eigenvalue weighted by molar-refractivity contribution is -0.377. The number of phosphoric acid groups is 1. The lowest BCUT2D eigenvalue weighted by Crippen LogP contribution is -2.56. The van der Waals surface area contributed by atoms with Gasteiger partial charge in [0.1, 0.15) is 0 Å². The molecule has 11 heteroatoms. The quantitative estimate of drug-likeness (QED) is 0.611. The molecule has 0 fully saturated rings. The average molecular weight is 276 g/mol. The molecular formula is C5H7F6O4P. The fourth-order valence-electron chi connectivity index (χ4n) is 0.717. The van der Waals surface area contributed by atoms with Crippen LogP contribution in [-0.4, -0.2) is 27.7 Å². The van der Waals surface area contributed by atoms with Crippen molar-refractivity contribution in [1.29, 1.82) is 0 Å². The van der Waals surface area contributed by atoms with Crippen LogP contribution < -0.4 is 0 Å². The molecule has 0 bridgehead atoms. The molecule has 0 aliphatic carbocycles. The summed E-state index contributed by atoms with van der Waals surface area (Å²) in [7, 11) is -6.07. The predicted molar refractivity (Wildman–Crippen MR) is 38.3 cm³/mol. The fraction of sp³-hybridized carbons (Fsp3) is 1.00. The molecule has 16 heavy (non-hydrogen) atoms. The SMILES string of the molecule is CCC(F)(F)C(F)(OP(=O)(O)O)C(F)(F)F. The van der Waals surface area contributed by atoms with Gasteiger partial charge in [-0.05, 0) is 0 Å². The van der Waals surface area contributed by atoms with Gasteiger partial charge in [0.15, 0.2) is 0 Å². The van der Waals surface area contributed by atoms with E-state index in [0.29, 0.717) is 6.92 Å². The topological polar surface area (TPSA) is 66.8 Å². The zero-order chi connectivity index (χ0) is 13.4. The fourth-order valence-corrected chi connectivity index (χ4v) is 1.28. The summed E-state index contributed by atoms with van der Waals surface area (Å²) in [6.07, 6.45) is -7.93. The minimum atomic E-state index is -6.28. The third-order valence-corrected chi connectivity index (χ3v) is 2.01. The van der Waals surface area contributed by atoms with Gasteiger partial charge in [0.2, 0.25) is 0 Å². The molecule has 0 aromatic rings. The van der Waals surface area contributed by atoms with E-state index in [0.717, 1.165) is 0 Å². The Kier molecular flexibility index (Phi) is 4.09. The van der Waals surface area contributed by atoms with Crippen LogP contribution in [0.5, 0.6) is 0 Å². The Balaban J connectivity index is 5.48. The number of phosphoric ester groups is 1. The summed E-state index contributed by atoms with van der Waals surface area (Å²) in [5, 5.41) is 0. The van der Waals surface area contributed by atoms with E-state index in [9.17, 15) is 30.9 Å². The first-order valence-electron chi connectivity index (χ1n) is 3.66. The van der Waals surface area contributed by atoms with E-state index in [1.807, 2.05) is 0 Å². The third kappa shape index (κ3) is 3.09. The zero-order valence-corrected chi connectivity index (χ0v) is 8.53. The van der Waals surface area contributed by atoms with E-state index >= 15 is 0 Å². The Hall–Kier alpha value is -0.310. The molecule has 4 nitrogen and oxygen atoms in total. The molecule has 0 radical (unpaired) electrons. The number of hydrogen-bond acceptors (Lipinski definition) is 2. The van der Waals surface area contributed by atoms with Gasteiger partial charge < -0.3 is 9.79 Å². The van der Waals surface area contributed by atoms with Crippen molar-refractivity contribution in [2.75, 3.05) is 0 Å². The van der Waals surface area contributed by atoms with E-state index in [4.69, 9.17) is 9.79 Å². The van der Waals surface area contributed by atoms with Crippen molar-refractivity contribution in [3.05, 3.63) is 0 Å². The monoisotopic (exact) mass is 276 g/mol. The maximum atomic E-state index is 13.0. The van der Waals surface area contributed by atoms with Crippen molar-refractivity contribution in [2.45, 2.75) is 31.3 Å². The van der Waals surface area contributed by atoms with Crippen molar-refractivity contribution >= 4 is 7.82 Å². The number of hydrogen-bond donors (Lipinski definition) is 2. The van der Waals surface area contributed by atoms with Crippen LogP contribution in [0.4, 0.5) is 26.3 Å². The maximum Gasteiger partial charge on any atom is 0.472 e. The van der Waals surface area contributed by atoms with Gasteiger partial charge in [-0.3, -0.25) is 0 Å². The van der Waals surface area contributed by atoms with Crippen molar-refractivity contribution in [3.8, 4) is 0 Å². The van der Waals surface area contributed by atoms with Crippen molar-refractivity contribution < 1.29 is 45.2 Å². The van der Waals surface area contributed by atoms with E-state index in [1.165, 1.54) is 0 Å². The zero-order valence-electron chi connectivity index (χ0n) is 7.63. The van der Waals surface area contributed by atoms with E-state index in [2.05, 4.69) is 4.52 Å². The van der Waals surface area contributed by atoms with Crippen LogP contribution in [0.1, 0.15) is 13.3 Å².